The van der Waals surface area contributed by atoms with Crippen molar-refractivity contribution in [2.75, 3.05) is 51.3 Å². The van der Waals surface area contributed by atoms with E-state index in [4.69, 9.17) is 4.74 Å². The molecule has 0 aromatic heterocycles. The summed E-state index contributed by atoms with van der Waals surface area (Å²) in [6.07, 6.45) is 0. The van der Waals surface area contributed by atoms with Crippen LogP contribution in [-0.4, -0.2) is 57.2 Å². The van der Waals surface area contributed by atoms with Gasteiger partial charge in [-0.1, -0.05) is 18.2 Å². The first kappa shape index (κ1) is 19.1. The smallest absolute Gasteiger partial charge is 0.257 e. The molecule has 0 bridgehead atoms. The fourth-order valence-electron chi connectivity index (χ4n) is 3.23. The molecular weight excluding hydrogens is 352 g/mol. The molecule has 0 radical (unpaired) electrons. The van der Waals surface area contributed by atoms with Gasteiger partial charge in [-0.25, -0.2) is 8.78 Å². The fraction of sp³-hybridized carbons (Fsp3) is 0.350. The van der Waals surface area contributed by atoms with Gasteiger partial charge < -0.3 is 15.0 Å². The summed E-state index contributed by atoms with van der Waals surface area (Å²) < 4.78 is 32.7. The molecule has 0 atom stereocenters. The first-order chi connectivity index (χ1) is 13.1. The number of anilines is 1. The molecule has 5 nitrogen and oxygen atoms in total. The van der Waals surface area contributed by atoms with Gasteiger partial charge in [0.15, 0.2) is 0 Å². The predicted octanol–water partition coefficient (Wildman–Crippen LogP) is 2.53. The number of hydrogen-bond acceptors (Lipinski definition) is 4. The quantitative estimate of drug-likeness (QED) is 0.843. The number of ether oxygens (including phenoxy) is 1. The summed E-state index contributed by atoms with van der Waals surface area (Å²) in [6.45, 7) is 4.32. The van der Waals surface area contributed by atoms with Crippen molar-refractivity contribution < 1.29 is 18.3 Å². The van der Waals surface area contributed by atoms with Gasteiger partial charge >= 0.3 is 0 Å². The van der Waals surface area contributed by atoms with Gasteiger partial charge in [-0.3, -0.25) is 9.69 Å². The van der Waals surface area contributed by atoms with E-state index in [0.29, 0.717) is 13.1 Å². The van der Waals surface area contributed by atoms with E-state index >= 15 is 0 Å². The van der Waals surface area contributed by atoms with Gasteiger partial charge in [0.2, 0.25) is 0 Å². The van der Waals surface area contributed by atoms with Crippen LogP contribution in [0.1, 0.15) is 10.4 Å². The molecule has 0 unspecified atom stereocenters. The molecule has 1 saturated heterocycles. The van der Waals surface area contributed by atoms with Crippen molar-refractivity contribution in [2.45, 2.75) is 0 Å². The summed E-state index contributed by atoms with van der Waals surface area (Å²) in [5, 5.41) is 2.59. The molecule has 144 valence electrons. The van der Waals surface area contributed by atoms with Gasteiger partial charge in [0.05, 0.1) is 12.8 Å². The normalized spacial score (nSPS) is 14.9. The van der Waals surface area contributed by atoms with Gasteiger partial charge in [0.1, 0.15) is 22.9 Å². The van der Waals surface area contributed by atoms with Crippen molar-refractivity contribution >= 4 is 11.6 Å². The first-order valence-electron chi connectivity index (χ1n) is 8.92. The molecular formula is C20H23F2N3O2. The number of rotatable bonds is 6. The van der Waals surface area contributed by atoms with Crippen LogP contribution >= 0.6 is 0 Å². The van der Waals surface area contributed by atoms with Crippen molar-refractivity contribution in [3.63, 3.8) is 0 Å². The Morgan fingerprint density at radius 1 is 1.04 bits per heavy atom. The van der Waals surface area contributed by atoms with Crippen LogP contribution in [0.5, 0.6) is 5.75 Å². The Labute approximate surface area is 157 Å². The van der Waals surface area contributed by atoms with Crippen molar-refractivity contribution in [2.24, 2.45) is 0 Å². The second-order valence-corrected chi connectivity index (χ2v) is 6.35. The van der Waals surface area contributed by atoms with Crippen molar-refractivity contribution in [3.05, 3.63) is 59.7 Å². The number of nitrogens with zero attached hydrogens (tertiary/aromatic N) is 2. The molecule has 0 saturated carbocycles. The standard InChI is InChI=1S/C20H23F2N3O2/c1-27-18-8-3-2-7-17(18)25-13-11-24(12-14-25)10-9-23-20(26)19-15(21)5-4-6-16(19)22/h2-8H,9-14H2,1H3,(H,23,26). The number of para-hydroxylation sites is 2. The van der Waals surface area contributed by atoms with E-state index in [9.17, 15) is 13.6 Å². The molecule has 1 aliphatic rings. The topological polar surface area (TPSA) is 44.8 Å². The van der Waals surface area contributed by atoms with Crippen LogP contribution < -0.4 is 15.0 Å². The first-order valence-corrected chi connectivity index (χ1v) is 8.92. The average molecular weight is 375 g/mol. The molecule has 3 rings (SSSR count). The molecule has 1 fully saturated rings. The number of nitrogens with one attached hydrogen (secondary N) is 1. The van der Waals surface area contributed by atoms with Crippen LogP contribution in [0.3, 0.4) is 0 Å². The van der Waals surface area contributed by atoms with E-state index in [-0.39, 0.29) is 0 Å². The predicted molar refractivity (Wildman–Crippen MR) is 100 cm³/mol. The van der Waals surface area contributed by atoms with Crippen LogP contribution in [0.15, 0.2) is 42.5 Å². The number of piperazine rings is 1. The monoisotopic (exact) mass is 375 g/mol. The Morgan fingerprint density at radius 2 is 1.70 bits per heavy atom. The minimum Gasteiger partial charge on any atom is -0.495 e. The number of carbonyl (C=O) groups excluding carboxylic acids is 1. The molecule has 2 aromatic rings. The highest BCUT2D eigenvalue weighted by Crippen LogP contribution is 2.28. The maximum atomic E-state index is 13.6. The van der Waals surface area contributed by atoms with Crippen molar-refractivity contribution in [1.82, 2.24) is 10.2 Å². The second kappa shape index (κ2) is 8.81. The Bertz CT molecular complexity index is 772. The van der Waals surface area contributed by atoms with Crippen LogP contribution in [0, 0.1) is 11.6 Å². The molecule has 2 aromatic carbocycles. The van der Waals surface area contributed by atoms with Crippen LogP contribution in [0.4, 0.5) is 14.5 Å². The van der Waals surface area contributed by atoms with E-state index in [1.54, 1.807) is 7.11 Å². The summed E-state index contributed by atoms with van der Waals surface area (Å²) in [5.74, 6) is -1.57. The largest absolute Gasteiger partial charge is 0.495 e. The third-order valence-corrected chi connectivity index (χ3v) is 4.70. The summed E-state index contributed by atoms with van der Waals surface area (Å²) >= 11 is 0. The molecule has 1 N–H and O–H groups in total. The van der Waals surface area contributed by atoms with E-state index in [1.807, 2.05) is 24.3 Å². The fourth-order valence-corrected chi connectivity index (χ4v) is 3.23. The summed E-state index contributed by atoms with van der Waals surface area (Å²) in [4.78, 5) is 16.5. The number of carbonyl (C=O) groups is 1. The maximum absolute atomic E-state index is 13.6. The minimum absolute atomic E-state index is 0.335. The highest BCUT2D eigenvalue weighted by Gasteiger charge is 2.20. The zero-order chi connectivity index (χ0) is 19.2. The van der Waals surface area contributed by atoms with Crippen LogP contribution in [0.25, 0.3) is 0 Å². The number of amides is 1. The zero-order valence-electron chi connectivity index (χ0n) is 15.3. The molecule has 7 heteroatoms. The highest BCUT2D eigenvalue weighted by atomic mass is 19.1. The highest BCUT2D eigenvalue weighted by molar-refractivity contribution is 5.94. The lowest BCUT2D eigenvalue weighted by Crippen LogP contribution is -2.48. The SMILES string of the molecule is COc1ccccc1N1CCN(CCNC(=O)c2c(F)cccc2F)CC1. The second-order valence-electron chi connectivity index (χ2n) is 6.35. The van der Waals surface area contributed by atoms with Crippen molar-refractivity contribution in [1.29, 1.82) is 0 Å². The molecule has 27 heavy (non-hydrogen) atoms. The Balaban J connectivity index is 1.47. The van der Waals surface area contributed by atoms with E-state index in [0.717, 1.165) is 49.7 Å². The average Bonchev–Trinajstić information content (AvgIpc) is 2.68. The summed E-state index contributed by atoms with van der Waals surface area (Å²) in [5.41, 5.74) is 0.543. The van der Waals surface area contributed by atoms with Gasteiger partial charge in [0.25, 0.3) is 5.91 Å². The zero-order valence-corrected chi connectivity index (χ0v) is 15.3. The Hall–Kier alpha value is -2.67. The van der Waals surface area contributed by atoms with Crippen LogP contribution in [0.2, 0.25) is 0 Å². The van der Waals surface area contributed by atoms with Gasteiger partial charge in [-0.15, -0.1) is 0 Å². The third kappa shape index (κ3) is 4.54. The van der Waals surface area contributed by atoms with Gasteiger partial charge in [0, 0.05) is 39.3 Å². The van der Waals surface area contributed by atoms with E-state index < -0.39 is 23.1 Å². The number of hydrogen-bond donors (Lipinski definition) is 1. The molecule has 1 aliphatic heterocycles. The third-order valence-electron chi connectivity index (χ3n) is 4.70. The molecule has 1 amide bonds. The van der Waals surface area contributed by atoms with Crippen LogP contribution in [-0.2, 0) is 0 Å². The minimum atomic E-state index is -0.849. The van der Waals surface area contributed by atoms with E-state index in [1.165, 1.54) is 6.07 Å². The Kier molecular flexibility index (Phi) is 6.24. The van der Waals surface area contributed by atoms with Gasteiger partial charge in [-0.2, -0.15) is 0 Å². The van der Waals surface area contributed by atoms with Gasteiger partial charge in [-0.05, 0) is 24.3 Å². The number of halogens is 2. The number of methoxy groups -OCH3 is 1. The molecule has 1 heterocycles. The summed E-state index contributed by atoms with van der Waals surface area (Å²) in [6, 6.07) is 11.3. The van der Waals surface area contributed by atoms with Crippen molar-refractivity contribution in [3.8, 4) is 5.75 Å². The lowest BCUT2D eigenvalue weighted by Gasteiger charge is -2.36. The lowest BCUT2D eigenvalue weighted by atomic mass is 10.2. The maximum Gasteiger partial charge on any atom is 0.257 e. The lowest BCUT2D eigenvalue weighted by molar-refractivity contribution is 0.0939. The number of benzene rings is 2. The van der Waals surface area contributed by atoms with E-state index in [2.05, 4.69) is 15.1 Å². The summed E-state index contributed by atoms with van der Waals surface area (Å²) in [7, 11) is 1.66. The Morgan fingerprint density at radius 3 is 2.37 bits per heavy atom. The molecule has 0 spiro atoms. The molecule has 0 aliphatic carbocycles.